The van der Waals surface area contributed by atoms with Crippen LogP contribution in [0.1, 0.15) is 36.0 Å². The minimum atomic E-state index is 0.331. The van der Waals surface area contributed by atoms with E-state index in [2.05, 4.69) is 50.1 Å². The Bertz CT molecular complexity index is 558. The van der Waals surface area contributed by atoms with E-state index in [1.165, 1.54) is 9.75 Å². The molecule has 0 saturated carbocycles. The summed E-state index contributed by atoms with van der Waals surface area (Å²) in [5, 5.41) is 3.16. The van der Waals surface area contributed by atoms with Gasteiger partial charge in [-0.15, -0.1) is 11.3 Å². The summed E-state index contributed by atoms with van der Waals surface area (Å²) in [7, 11) is 1.91. The lowest BCUT2D eigenvalue weighted by Crippen LogP contribution is -2.06. The van der Waals surface area contributed by atoms with Crippen LogP contribution in [0.2, 0.25) is 0 Å². The van der Waals surface area contributed by atoms with Gasteiger partial charge >= 0.3 is 0 Å². The van der Waals surface area contributed by atoms with Crippen LogP contribution in [0, 0.1) is 13.8 Å². The molecule has 0 radical (unpaired) electrons. The number of aryl methyl sites for hydroxylation is 1. The molecule has 0 aliphatic carbocycles. The van der Waals surface area contributed by atoms with Crippen molar-refractivity contribution < 1.29 is 0 Å². The standard InChI is InChI=1S/C14H19N3S/c1-8(2)13-16-12(10(4)14(15-5)17-13)11-7-6-9(3)18-11/h6-8H,1-5H3,(H,15,16,17). The van der Waals surface area contributed by atoms with E-state index in [1.54, 1.807) is 11.3 Å². The van der Waals surface area contributed by atoms with Crippen molar-refractivity contribution in [2.75, 3.05) is 12.4 Å². The Morgan fingerprint density at radius 3 is 2.39 bits per heavy atom. The first-order chi connectivity index (χ1) is 8.52. The molecule has 3 nitrogen and oxygen atoms in total. The van der Waals surface area contributed by atoms with Crippen LogP contribution in [0.3, 0.4) is 0 Å². The van der Waals surface area contributed by atoms with Crippen LogP contribution in [-0.2, 0) is 0 Å². The molecule has 0 fully saturated rings. The SMILES string of the molecule is CNc1nc(C(C)C)nc(-c2ccc(C)s2)c1C. The van der Waals surface area contributed by atoms with E-state index in [0.717, 1.165) is 22.9 Å². The number of hydrogen-bond donors (Lipinski definition) is 1. The quantitative estimate of drug-likeness (QED) is 0.908. The highest BCUT2D eigenvalue weighted by molar-refractivity contribution is 7.15. The van der Waals surface area contributed by atoms with E-state index in [1.807, 2.05) is 7.05 Å². The van der Waals surface area contributed by atoms with Gasteiger partial charge in [0, 0.05) is 23.4 Å². The lowest BCUT2D eigenvalue weighted by molar-refractivity contribution is 0.775. The zero-order chi connectivity index (χ0) is 13.3. The second-order valence-electron chi connectivity index (χ2n) is 4.72. The molecule has 4 heteroatoms. The zero-order valence-corrected chi connectivity index (χ0v) is 12.4. The Morgan fingerprint density at radius 2 is 1.89 bits per heavy atom. The first kappa shape index (κ1) is 13.0. The van der Waals surface area contributed by atoms with Crippen molar-refractivity contribution in [1.29, 1.82) is 0 Å². The van der Waals surface area contributed by atoms with Gasteiger partial charge in [-0.2, -0.15) is 0 Å². The fraction of sp³-hybridized carbons (Fsp3) is 0.429. The molecule has 1 N–H and O–H groups in total. The molecule has 0 aliphatic heterocycles. The summed E-state index contributed by atoms with van der Waals surface area (Å²) in [6.45, 7) is 8.43. The maximum Gasteiger partial charge on any atom is 0.134 e. The first-order valence-electron chi connectivity index (χ1n) is 6.16. The molecule has 18 heavy (non-hydrogen) atoms. The minimum Gasteiger partial charge on any atom is -0.373 e. The van der Waals surface area contributed by atoms with Gasteiger partial charge in [-0.25, -0.2) is 9.97 Å². The van der Waals surface area contributed by atoms with Crippen LogP contribution in [0.4, 0.5) is 5.82 Å². The van der Waals surface area contributed by atoms with E-state index in [-0.39, 0.29) is 0 Å². The molecule has 0 spiro atoms. The predicted molar refractivity (Wildman–Crippen MR) is 78.5 cm³/mol. The van der Waals surface area contributed by atoms with Crippen LogP contribution >= 0.6 is 11.3 Å². The first-order valence-corrected chi connectivity index (χ1v) is 6.97. The van der Waals surface area contributed by atoms with E-state index < -0.39 is 0 Å². The zero-order valence-electron chi connectivity index (χ0n) is 11.5. The normalized spacial score (nSPS) is 11.0. The van der Waals surface area contributed by atoms with Gasteiger partial charge in [0.15, 0.2) is 0 Å². The second kappa shape index (κ2) is 5.06. The number of nitrogens with zero attached hydrogens (tertiary/aromatic N) is 2. The van der Waals surface area contributed by atoms with Crippen LogP contribution in [0.5, 0.6) is 0 Å². The van der Waals surface area contributed by atoms with Crippen molar-refractivity contribution in [3.63, 3.8) is 0 Å². The van der Waals surface area contributed by atoms with Gasteiger partial charge in [0.25, 0.3) is 0 Å². The van der Waals surface area contributed by atoms with E-state index in [4.69, 9.17) is 4.98 Å². The summed E-state index contributed by atoms with van der Waals surface area (Å²) in [4.78, 5) is 11.8. The average molecular weight is 261 g/mol. The Kier molecular flexibility index (Phi) is 3.66. The van der Waals surface area contributed by atoms with Crippen molar-refractivity contribution >= 4 is 17.2 Å². The fourth-order valence-electron chi connectivity index (χ4n) is 1.84. The van der Waals surface area contributed by atoms with Gasteiger partial charge in [-0.05, 0) is 26.0 Å². The fourth-order valence-corrected chi connectivity index (χ4v) is 2.75. The largest absolute Gasteiger partial charge is 0.373 e. The third-order valence-electron chi connectivity index (χ3n) is 2.89. The third-order valence-corrected chi connectivity index (χ3v) is 3.90. The minimum absolute atomic E-state index is 0.331. The van der Waals surface area contributed by atoms with Gasteiger partial charge in [0.2, 0.25) is 0 Å². The highest BCUT2D eigenvalue weighted by atomic mass is 32.1. The third kappa shape index (κ3) is 2.38. The van der Waals surface area contributed by atoms with Crippen LogP contribution in [0.15, 0.2) is 12.1 Å². The maximum absolute atomic E-state index is 4.72. The maximum atomic E-state index is 4.72. The number of hydrogen-bond acceptors (Lipinski definition) is 4. The van der Waals surface area contributed by atoms with E-state index in [9.17, 15) is 0 Å². The molecular formula is C14H19N3S. The average Bonchev–Trinajstić information content (AvgIpc) is 2.75. The molecule has 2 heterocycles. The predicted octanol–water partition coefficient (Wildman–Crippen LogP) is 3.99. The van der Waals surface area contributed by atoms with Crippen LogP contribution < -0.4 is 5.32 Å². The molecule has 2 aromatic heterocycles. The highest BCUT2D eigenvalue weighted by Crippen LogP contribution is 2.32. The van der Waals surface area contributed by atoms with Crippen molar-refractivity contribution in [2.24, 2.45) is 0 Å². The van der Waals surface area contributed by atoms with Crippen molar-refractivity contribution in [1.82, 2.24) is 9.97 Å². The van der Waals surface area contributed by atoms with Crippen molar-refractivity contribution in [2.45, 2.75) is 33.6 Å². The molecule has 0 unspecified atom stereocenters. The Hall–Kier alpha value is -1.42. The highest BCUT2D eigenvalue weighted by Gasteiger charge is 2.14. The summed E-state index contributed by atoms with van der Waals surface area (Å²) in [6.07, 6.45) is 0. The Balaban J connectivity index is 2.61. The Labute approximate surface area is 112 Å². The van der Waals surface area contributed by atoms with Gasteiger partial charge < -0.3 is 5.32 Å². The van der Waals surface area contributed by atoms with Crippen LogP contribution in [0.25, 0.3) is 10.6 Å². The van der Waals surface area contributed by atoms with E-state index in [0.29, 0.717) is 5.92 Å². The van der Waals surface area contributed by atoms with Crippen molar-refractivity contribution in [3.05, 3.63) is 28.4 Å². The number of thiophene rings is 1. The molecule has 2 aromatic rings. The lowest BCUT2D eigenvalue weighted by Gasteiger charge is -2.12. The van der Waals surface area contributed by atoms with Crippen LogP contribution in [-0.4, -0.2) is 17.0 Å². The molecule has 0 bridgehead atoms. The summed E-state index contributed by atoms with van der Waals surface area (Å²) < 4.78 is 0. The summed E-state index contributed by atoms with van der Waals surface area (Å²) >= 11 is 1.78. The van der Waals surface area contributed by atoms with Gasteiger partial charge in [-0.3, -0.25) is 0 Å². The summed E-state index contributed by atoms with van der Waals surface area (Å²) in [6, 6.07) is 4.27. The molecule has 0 amide bonds. The number of aromatic nitrogens is 2. The summed E-state index contributed by atoms with van der Waals surface area (Å²) in [5.41, 5.74) is 2.17. The van der Waals surface area contributed by atoms with E-state index >= 15 is 0 Å². The second-order valence-corrected chi connectivity index (χ2v) is 6.01. The summed E-state index contributed by atoms with van der Waals surface area (Å²) in [5.74, 6) is 2.15. The van der Waals surface area contributed by atoms with Gasteiger partial charge in [0.05, 0.1) is 10.6 Å². The number of nitrogens with one attached hydrogen (secondary N) is 1. The smallest absolute Gasteiger partial charge is 0.134 e. The van der Waals surface area contributed by atoms with Gasteiger partial charge in [0.1, 0.15) is 11.6 Å². The molecule has 0 aliphatic rings. The number of anilines is 1. The molecule has 2 rings (SSSR count). The molecule has 96 valence electrons. The Morgan fingerprint density at radius 1 is 1.17 bits per heavy atom. The molecular weight excluding hydrogens is 242 g/mol. The molecule has 0 aromatic carbocycles. The molecule has 0 atom stereocenters. The monoisotopic (exact) mass is 261 g/mol. The molecule has 0 saturated heterocycles. The number of rotatable bonds is 3. The lowest BCUT2D eigenvalue weighted by atomic mass is 10.1. The van der Waals surface area contributed by atoms with Gasteiger partial charge in [-0.1, -0.05) is 13.8 Å². The van der Waals surface area contributed by atoms with Crippen molar-refractivity contribution in [3.8, 4) is 10.6 Å². The topological polar surface area (TPSA) is 37.8 Å².